The molecule has 318 valence electrons. The van der Waals surface area contributed by atoms with Crippen LogP contribution in [0.1, 0.15) is 35.8 Å². The van der Waals surface area contributed by atoms with Gasteiger partial charge in [-0.25, -0.2) is 0 Å². The van der Waals surface area contributed by atoms with Gasteiger partial charge in [-0.1, -0.05) is 155 Å². The van der Waals surface area contributed by atoms with Crippen LogP contribution < -0.4 is 64.4 Å². The molecule has 8 aromatic rings. The second-order valence-corrected chi connectivity index (χ2v) is 18.3. The van der Waals surface area contributed by atoms with Gasteiger partial charge in [0.25, 0.3) is 0 Å². The lowest BCUT2D eigenvalue weighted by Gasteiger charge is -2.33. The van der Waals surface area contributed by atoms with E-state index in [4.69, 9.17) is 78.5 Å². The van der Waals surface area contributed by atoms with E-state index in [0.717, 1.165) is 69.0 Å². The third kappa shape index (κ3) is 9.33. The van der Waals surface area contributed by atoms with Gasteiger partial charge in [0.2, 0.25) is 0 Å². The SMILES string of the molecule is [B]c1c([B])c([B])c(N(c2ccc(-c3cccc(-c4cccc(-c5ccc(N(c6ccc(C7C=CC=CC7)cc6)c6c([B])c([B])c([B])c([B])c6[B])cc5)c4)c3)cc2)c2ccc(C3C=CC=CC3)cc2)c([B])c1[B]. The van der Waals surface area contributed by atoms with Crippen molar-refractivity contribution in [2.45, 2.75) is 24.7 Å². The van der Waals surface area contributed by atoms with Gasteiger partial charge in [-0.15, -0.1) is 32.8 Å². The summed E-state index contributed by atoms with van der Waals surface area (Å²) in [4.78, 5) is 3.96. The van der Waals surface area contributed by atoms with E-state index in [2.05, 4.69) is 170 Å². The molecule has 0 aliphatic heterocycles. The Balaban J connectivity index is 0.947. The van der Waals surface area contributed by atoms with Crippen LogP contribution in [0.3, 0.4) is 0 Å². The maximum absolute atomic E-state index is 6.70. The first-order chi connectivity index (χ1) is 34.9. The van der Waals surface area contributed by atoms with E-state index in [-0.39, 0.29) is 66.5 Å². The molecule has 8 aromatic carbocycles. The maximum Gasteiger partial charge on any atom is 0.115 e. The van der Waals surface area contributed by atoms with Crippen LogP contribution in [0.15, 0.2) is 194 Å². The summed E-state index contributed by atoms with van der Waals surface area (Å²) in [6, 6.07) is 50.3. The van der Waals surface area contributed by atoms with E-state index >= 15 is 0 Å². The van der Waals surface area contributed by atoms with Crippen molar-refractivity contribution in [1.29, 1.82) is 0 Å². The first-order valence-electron chi connectivity index (χ1n) is 23.8. The molecule has 0 aromatic heterocycles. The minimum Gasteiger partial charge on any atom is -0.312 e. The molecule has 2 nitrogen and oxygen atoms in total. The Morgan fingerprint density at radius 3 is 0.861 bits per heavy atom. The van der Waals surface area contributed by atoms with E-state index in [1.165, 1.54) is 11.1 Å². The second kappa shape index (κ2) is 20.6. The van der Waals surface area contributed by atoms with Crippen molar-refractivity contribution in [2.75, 3.05) is 9.80 Å². The second-order valence-electron chi connectivity index (χ2n) is 18.3. The van der Waals surface area contributed by atoms with Crippen molar-refractivity contribution in [3.63, 3.8) is 0 Å². The number of hydrogen-bond donors (Lipinski definition) is 0. The molecule has 0 bridgehead atoms. The summed E-state index contributed by atoms with van der Waals surface area (Å²) in [5, 5.41) is 0. The van der Waals surface area contributed by atoms with Gasteiger partial charge in [-0.05, 0) is 118 Å². The normalized spacial score (nSPS) is 14.9. The molecular formula is C60H38B10N2. The van der Waals surface area contributed by atoms with E-state index < -0.39 is 0 Å². The summed E-state index contributed by atoms with van der Waals surface area (Å²) in [7, 11) is 65.0. The molecule has 0 N–H and O–H groups in total. The Bertz CT molecular complexity index is 3180. The smallest absolute Gasteiger partial charge is 0.115 e. The summed E-state index contributed by atoms with van der Waals surface area (Å²) in [6.45, 7) is 0. The zero-order valence-electron chi connectivity index (χ0n) is 39.7. The molecular weight excluding hydrogens is 857 g/mol. The van der Waals surface area contributed by atoms with Gasteiger partial charge < -0.3 is 9.80 Å². The highest BCUT2D eigenvalue weighted by Crippen LogP contribution is 2.38. The van der Waals surface area contributed by atoms with Crippen molar-refractivity contribution in [3.05, 3.63) is 205 Å². The molecule has 0 amide bonds. The fourth-order valence-electron chi connectivity index (χ4n) is 9.73. The van der Waals surface area contributed by atoms with Gasteiger partial charge in [0.05, 0.1) is 0 Å². The van der Waals surface area contributed by atoms with Crippen LogP contribution in [0, 0.1) is 0 Å². The number of hydrogen-bond acceptors (Lipinski definition) is 2. The summed E-state index contributed by atoms with van der Waals surface area (Å²) in [6.07, 6.45) is 19.0. The van der Waals surface area contributed by atoms with Crippen LogP contribution in [0.5, 0.6) is 0 Å². The van der Waals surface area contributed by atoms with Gasteiger partial charge in [0, 0.05) is 46.0 Å². The summed E-state index contributed by atoms with van der Waals surface area (Å²) in [5.74, 6) is 0.579. The Labute approximate surface area is 437 Å². The molecule has 20 radical (unpaired) electrons. The lowest BCUT2D eigenvalue weighted by molar-refractivity contribution is 0.854. The third-order valence-electron chi connectivity index (χ3n) is 13.9. The fraction of sp³-hybridized carbons (Fsp3) is 0.0667. The molecule has 0 heterocycles. The molecule has 0 saturated heterocycles. The van der Waals surface area contributed by atoms with Gasteiger partial charge in [0.15, 0.2) is 0 Å². The van der Waals surface area contributed by atoms with Gasteiger partial charge in [-0.3, -0.25) is 0 Å². The lowest BCUT2D eigenvalue weighted by atomic mass is 9.61. The summed E-state index contributed by atoms with van der Waals surface area (Å²) in [5.41, 5.74) is 14.9. The predicted molar refractivity (Wildman–Crippen MR) is 317 cm³/mol. The monoisotopic (exact) mass is 896 g/mol. The molecule has 0 saturated carbocycles. The van der Waals surface area contributed by atoms with Crippen LogP contribution >= 0.6 is 0 Å². The Hall–Kier alpha value is -7.03. The van der Waals surface area contributed by atoms with Crippen molar-refractivity contribution in [1.82, 2.24) is 0 Å². The highest BCUT2D eigenvalue weighted by Gasteiger charge is 2.23. The molecule has 72 heavy (non-hydrogen) atoms. The predicted octanol–water partition coefficient (Wildman–Crippen LogP) is 4.76. The largest absolute Gasteiger partial charge is 0.312 e. The van der Waals surface area contributed by atoms with Crippen LogP contribution in [-0.4, -0.2) is 78.5 Å². The Kier molecular flexibility index (Phi) is 13.9. The molecule has 2 atom stereocenters. The van der Waals surface area contributed by atoms with Crippen molar-refractivity contribution < 1.29 is 0 Å². The molecule has 2 aliphatic carbocycles. The average Bonchev–Trinajstić information content (AvgIpc) is 3.44. The summed E-state index contributed by atoms with van der Waals surface area (Å²) < 4.78 is 0. The quantitative estimate of drug-likeness (QED) is 0.173. The third-order valence-corrected chi connectivity index (χ3v) is 13.9. The average molecular weight is 895 g/mol. The van der Waals surface area contributed by atoms with Crippen molar-refractivity contribution in [2.24, 2.45) is 0 Å². The number of nitrogens with zero attached hydrogens (tertiary/aromatic N) is 2. The van der Waals surface area contributed by atoms with Crippen LogP contribution in [0.4, 0.5) is 34.1 Å². The van der Waals surface area contributed by atoms with Crippen LogP contribution in [0.2, 0.25) is 0 Å². The topological polar surface area (TPSA) is 6.48 Å². The lowest BCUT2D eigenvalue weighted by Crippen LogP contribution is -2.56. The maximum atomic E-state index is 6.70. The van der Waals surface area contributed by atoms with E-state index in [1.807, 2.05) is 34.1 Å². The zero-order valence-corrected chi connectivity index (χ0v) is 39.7. The number of allylic oxidation sites excluding steroid dienone is 8. The molecule has 0 spiro atoms. The minimum atomic E-state index is 0.162. The Morgan fingerprint density at radius 2 is 0.569 bits per heavy atom. The fourth-order valence-corrected chi connectivity index (χ4v) is 9.73. The van der Waals surface area contributed by atoms with Gasteiger partial charge in [-0.2, -0.15) is 0 Å². The van der Waals surface area contributed by atoms with Gasteiger partial charge >= 0.3 is 0 Å². The van der Waals surface area contributed by atoms with Gasteiger partial charge in [0.1, 0.15) is 78.5 Å². The summed E-state index contributed by atoms with van der Waals surface area (Å²) >= 11 is 0. The number of anilines is 6. The van der Waals surface area contributed by atoms with Crippen molar-refractivity contribution in [3.8, 4) is 33.4 Å². The van der Waals surface area contributed by atoms with E-state index in [1.54, 1.807) is 0 Å². The first-order valence-corrected chi connectivity index (χ1v) is 23.8. The highest BCUT2D eigenvalue weighted by molar-refractivity contribution is 6.70. The van der Waals surface area contributed by atoms with Crippen LogP contribution in [0.25, 0.3) is 33.4 Å². The van der Waals surface area contributed by atoms with Crippen LogP contribution in [-0.2, 0) is 0 Å². The first kappa shape index (κ1) is 48.6. The number of rotatable bonds is 11. The molecule has 2 unspecified atom stereocenters. The van der Waals surface area contributed by atoms with E-state index in [0.29, 0.717) is 11.4 Å². The van der Waals surface area contributed by atoms with E-state index in [9.17, 15) is 0 Å². The highest BCUT2D eigenvalue weighted by atomic mass is 15.2. The molecule has 0 fully saturated rings. The Morgan fingerprint density at radius 1 is 0.292 bits per heavy atom. The standard InChI is InChI=1S/C60H38B10N2/c61-49-51(63)55(67)59(56(68)52(49)64)71(45-25-17-37(18-26-45)35-9-3-1-4-10-35)47-29-21-39(22-30-47)41-13-7-15-43(33-41)44-16-8-14-42(34-44)40-23-31-48(32-24-40)72(60-57(69)53(65)50(62)54(66)58(60)70)46-27-19-38(20-28-46)36-11-5-2-6-12-36/h1-9,11,13-36H,10,12H2. The number of benzene rings is 8. The minimum absolute atomic E-state index is 0.162. The molecule has 2 aliphatic rings. The molecule has 12 heteroatoms. The van der Waals surface area contributed by atoms with Crippen molar-refractivity contribution >= 4 is 167 Å². The zero-order chi connectivity index (χ0) is 50.2. The molecule has 10 rings (SSSR count).